The molecule has 64 valence electrons. The average Bonchev–Trinajstić information content (AvgIpc) is 1.98. The van der Waals surface area contributed by atoms with Crippen LogP contribution in [-0.4, -0.2) is 11.0 Å². The molecule has 0 radical (unpaired) electrons. The molecular weight excluding hydrogens is 156 g/mol. The summed E-state index contributed by atoms with van der Waals surface area (Å²) < 4.78 is 4.80. The van der Waals surface area contributed by atoms with E-state index < -0.39 is 5.97 Å². The van der Waals surface area contributed by atoms with Crippen molar-refractivity contribution >= 4 is 11.7 Å². The van der Waals surface area contributed by atoms with Crippen LogP contribution in [0.2, 0.25) is 0 Å². The topological polar surface area (TPSA) is 65.2 Å². The van der Waals surface area contributed by atoms with Crippen molar-refractivity contribution in [3.8, 4) is 5.88 Å². The molecule has 1 aromatic rings. The first-order chi connectivity index (χ1) is 5.61. The molecule has 0 aliphatic heterocycles. The third kappa shape index (κ3) is 1.72. The van der Waals surface area contributed by atoms with E-state index in [0.29, 0.717) is 11.3 Å². The first kappa shape index (κ1) is 8.52. The van der Waals surface area contributed by atoms with Gasteiger partial charge in [0, 0.05) is 24.4 Å². The predicted octanol–water partition coefficient (Wildman–Crippen LogP) is 0.898. The first-order valence-corrected chi connectivity index (χ1v) is 3.50. The molecule has 0 bridgehead atoms. The van der Waals surface area contributed by atoms with E-state index in [2.05, 4.69) is 4.98 Å². The standard InChI is InChI=1S/C8H10N2O2/c1-5-7(9)3-4-10-8(5)12-6(2)11/h3-4H,1-2H3,(H2,9,10). The van der Waals surface area contributed by atoms with Gasteiger partial charge < -0.3 is 10.5 Å². The number of rotatable bonds is 1. The van der Waals surface area contributed by atoms with E-state index in [1.54, 1.807) is 13.0 Å². The second-order valence-corrected chi connectivity index (χ2v) is 2.42. The van der Waals surface area contributed by atoms with Gasteiger partial charge in [-0.25, -0.2) is 4.98 Å². The fourth-order valence-corrected chi connectivity index (χ4v) is 0.770. The van der Waals surface area contributed by atoms with E-state index in [0.717, 1.165) is 0 Å². The zero-order valence-corrected chi connectivity index (χ0v) is 7.00. The molecule has 0 amide bonds. The molecule has 2 N–H and O–H groups in total. The largest absolute Gasteiger partial charge is 0.407 e. The van der Waals surface area contributed by atoms with Crippen LogP contribution >= 0.6 is 0 Å². The Morgan fingerprint density at radius 1 is 1.67 bits per heavy atom. The number of carbonyl (C=O) groups is 1. The van der Waals surface area contributed by atoms with Crippen molar-refractivity contribution in [2.75, 3.05) is 5.73 Å². The van der Waals surface area contributed by atoms with Crippen molar-refractivity contribution in [1.82, 2.24) is 4.98 Å². The molecule has 1 heterocycles. The Labute approximate surface area is 70.4 Å². The van der Waals surface area contributed by atoms with Crippen molar-refractivity contribution in [3.05, 3.63) is 17.8 Å². The lowest BCUT2D eigenvalue weighted by Gasteiger charge is -2.04. The fourth-order valence-electron chi connectivity index (χ4n) is 0.770. The van der Waals surface area contributed by atoms with Crippen LogP contribution < -0.4 is 10.5 Å². The molecule has 0 unspecified atom stereocenters. The Kier molecular flexibility index (Phi) is 2.28. The van der Waals surface area contributed by atoms with E-state index in [4.69, 9.17) is 10.5 Å². The summed E-state index contributed by atoms with van der Waals surface area (Å²) in [5.74, 6) is -0.112. The summed E-state index contributed by atoms with van der Waals surface area (Å²) in [6.45, 7) is 3.07. The third-order valence-corrected chi connectivity index (χ3v) is 1.44. The molecule has 0 aliphatic rings. The summed E-state index contributed by atoms with van der Waals surface area (Å²) in [5.41, 5.74) is 6.82. The second kappa shape index (κ2) is 3.21. The van der Waals surface area contributed by atoms with Crippen LogP contribution in [-0.2, 0) is 4.79 Å². The zero-order chi connectivity index (χ0) is 9.14. The molecule has 0 fully saturated rings. The molecule has 1 aromatic heterocycles. The molecule has 4 nitrogen and oxygen atoms in total. The SMILES string of the molecule is CC(=O)Oc1nccc(N)c1C. The number of nitrogens with two attached hydrogens (primary N) is 1. The Hall–Kier alpha value is -1.58. The third-order valence-electron chi connectivity index (χ3n) is 1.44. The lowest BCUT2D eigenvalue weighted by Crippen LogP contribution is -2.05. The summed E-state index contributed by atoms with van der Waals surface area (Å²) >= 11 is 0. The van der Waals surface area contributed by atoms with Gasteiger partial charge in [0.2, 0.25) is 5.88 Å². The van der Waals surface area contributed by atoms with Gasteiger partial charge in [-0.15, -0.1) is 0 Å². The fraction of sp³-hybridized carbons (Fsp3) is 0.250. The molecule has 4 heteroatoms. The monoisotopic (exact) mass is 166 g/mol. The lowest BCUT2D eigenvalue weighted by molar-refractivity contribution is -0.132. The maximum Gasteiger partial charge on any atom is 0.309 e. The van der Waals surface area contributed by atoms with Crippen LogP contribution in [0.5, 0.6) is 5.88 Å². The summed E-state index contributed by atoms with van der Waals surface area (Å²) in [7, 11) is 0. The number of pyridine rings is 1. The number of ether oxygens (including phenoxy) is 1. The summed E-state index contributed by atoms with van der Waals surface area (Å²) in [5, 5.41) is 0. The van der Waals surface area contributed by atoms with Gasteiger partial charge in [-0.05, 0) is 13.0 Å². The molecule has 0 aliphatic carbocycles. The van der Waals surface area contributed by atoms with Gasteiger partial charge in [-0.2, -0.15) is 0 Å². The average molecular weight is 166 g/mol. The number of aromatic nitrogens is 1. The van der Waals surface area contributed by atoms with Gasteiger partial charge in [0.15, 0.2) is 0 Å². The summed E-state index contributed by atoms with van der Waals surface area (Å²) in [6.07, 6.45) is 1.50. The van der Waals surface area contributed by atoms with Gasteiger partial charge in [-0.1, -0.05) is 0 Å². The highest BCUT2D eigenvalue weighted by Crippen LogP contribution is 2.19. The minimum absolute atomic E-state index is 0.280. The molecule has 0 saturated carbocycles. The maximum atomic E-state index is 10.6. The van der Waals surface area contributed by atoms with Crippen LogP contribution in [0.25, 0.3) is 0 Å². The molecule has 12 heavy (non-hydrogen) atoms. The molecular formula is C8H10N2O2. The Bertz CT molecular complexity index is 310. The molecule has 0 saturated heterocycles. The normalized spacial score (nSPS) is 9.50. The van der Waals surface area contributed by atoms with Gasteiger partial charge in [0.05, 0.1) is 0 Å². The zero-order valence-electron chi connectivity index (χ0n) is 7.00. The lowest BCUT2D eigenvalue weighted by atomic mass is 10.2. The molecule has 1 rings (SSSR count). The number of carbonyl (C=O) groups excluding carboxylic acids is 1. The first-order valence-electron chi connectivity index (χ1n) is 3.50. The van der Waals surface area contributed by atoms with Crippen molar-refractivity contribution in [3.63, 3.8) is 0 Å². The Morgan fingerprint density at radius 2 is 2.33 bits per heavy atom. The van der Waals surface area contributed by atoms with Crippen LogP contribution in [0.3, 0.4) is 0 Å². The van der Waals surface area contributed by atoms with Gasteiger partial charge in [0.1, 0.15) is 0 Å². The number of nitrogens with zero attached hydrogens (tertiary/aromatic N) is 1. The van der Waals surface area contributed by atoms with Crippen LogP contribution in [0.1, 0.15) is 12.5 Å². The Morgan fingerprint density at radius 3 is 2.92 bits per heavy atom. The Balaban J connectivity index is 3.00. The van der Waals surface area contributed by atoms with Crippen LogP contribution in [0, 0.1) is 6.92 Å². The van der Waals surface area contributed by atoms with Gasteiger partial charge >= 0.3 is 5.97 Å². The summed E-state index contributed by atoms with van der Waals surface area (Å²) in [6, 6.07) is 1.66. The smallest absolute Gasteiger partial charge is 0.309 e. The van der Waals surface area contributed by atoms with Crippen molar-refractivity contribution in [2.24, 2.45) is 0 Å². The number of hydrogen-bond acceptors (Lipinski definition) is 4. The van der Waals surface area contributed by atoms with Gasteiger partial charge in [-0.3, -0.25) is 4.79 Å². The van der Waals surface area contributed by atoms with E-state index in [9.17, 15) is 4.79 Å². The maximum absolute atomic E-state index is 10.6. The van der Waals surface area contributed by atoms with Gasteiger partial charge in [0.25, 0.3) is 0 Å². The number of anilines is 1. The predicted molar refractivity (Wildman–Crippen MR) is 44.7 cm³/mol. The number of esters is 1. The highest BCUT2D eigenvalue weighted by molar-refractivity contribution is 5.69. The minimum Gasteiger partial charge on any atom is -0.407 e. The summed E-state index contributed by atoms with van der Waals surface area (Å²) in [4.78, 5) is 14.4. The highest BCUT2D eigenvalue weighted by Gasteiger charge is 2.05. The second-order valence-electron chi connectivity index (χ2n) is 2.42. The van der Waals surface area contributed by atoms with Crippen LogP contribution in [0.4, 0.5) is 5.69 Å². The molecule has 0 aromatic carbocycles. The molecule has 0 spiro atoms. The number of nitrogen functional groups attached to an aromatic ring is 1. The molecule has 0 atom stereocenters. The van der Waals surface area contributed by atoms with Crippen molar-refractivity contribution < 1.29 is 9.53 Å². The van der Waals surface area contributed by atoms with E-state index in [1.165, 1.54) is 13.1 Å². The van der Waals surface area contributed by atoms with E-state index >= 15 is 0 Å². The minimum atomic E-state index is -0.392. The van der Waals surface area contributed by atoms with Crippen molar-refractivity contribution in [2.45, 2.75) is 13.8 Å². The van der Waals surface area contributed by atoms with Crippen LogP contribution in [0.15, 0.2) is 12.3 Å². The van der Waals surface area contributed by atoms with Crippen molar-refractivity contribution in [1.29, 1.82) is 0 Å². The highest BCUT2D eigenvalue weighted by atomic mass is 16.5. The van der Waals surface area contributed by atoms with E-state index in [-0.39, 0.29) is 5.88 Å². The van der Waals surface area contributed by atoms with E-state index in [1.807, 2.05) is 0 Å². The number of hydrogen-bond donors (Lipinski definition) is 1. The quantitative estimate of drug-likeness (QED) is 0.629.